The second-order valence-electron chi connectivity index (χ2n) is 6.90. The van der Waals surface area contributed by atoms with Crippen molar-refractivity contribution in [1.29, 1.82) is 0 Å². The number of benzene rings is 1. The van der Waals surface area contributed by atoms with E-state index in [4.69, 9.17) is 4.74 Å². The van der Waals surface area contributed by atoms with E-state index < -0.39 is 12.1 Å². The Morgan fingerprint density at radius 2 is 2.04 bits per heavy atom. The van der Waals surface area contributed by atoms with Crippen LogP contribution in [0.1, 0.15) is 34.2 Å². The molecule has 8 heteroatoms. The van der Waals surface area contributed by atoms with E-state index in [9.17, 15) is 13.6 Å². The number of carbonyl (C=O) groups is 1. The lowest BCUT2D eigenvalue weighted by Gasteiger charge is -2.42. The maximum atomic E-state index is 13.2. The average molecular weight is 378 g/mol. The molecule has 1 aromatic carbocycles. The first-order valence-corrected chi connectivity index (χ1v) is 8.83. The zero-order valence-corrected chi connectivity index (χ0v) is 15.7. The molecule has 3 rings (SSSR count). The van der Waals surface area contributed by atoms with E-state index >= 15 is 0 Å². The topological polar surface area (TPSA) is 50.6 Å². The van der Waals surface area contributed by atoms with Gasteiger partial charge in [0.15, 0.2) is 0 Å². The third-order valence-electron chi connectivity index (χ3n) is 4.64. The molecule has 1 saturated heterocycles. The summed E-state index contributed by atoms with van der Waals surface area (Å²) < 4.78 is 33.2. The number of morpholine rings is 1. The predicted octanol–water partition coefficient (Wildman–Crippen LogP) is 2.50. The molecular weight excluding hydrogens is 354 g/mol. The molecule has 0 radical (unpaired) electrons. The molecule has 0 bridgehead atoms. The number of ether oxygens (including phenoxy) is 1. The molecule has 2 aromatic rings. The maximum absolute atomic E-state index is 13.2. The third kappa shape index (κ3) is 4.17. The van der Waals surface area contributed by atoms with Crippen molar-refractivity contribution in [2.24, 2.45) is 7.05 Å². The highest BCUT2D eigenvalue weighted by molar-refractivity contribution is 5.93. The van der Waals surface area contributed by atoms with Gasteiger partial charge in [0.25, 0.3) is 12.3 Å². The van der Waals surface area contributed by atoms with Crippen molar-refractivity contribution in [3.63, 3.8) is 0 Å². The van der Waals surface area contributed by atoms with E-state index in [-0.39, 0.29) is 23.7 Å². The van der Waals surface area contributed by atoms with Crippen LogP contribution < -0.4 is 0 Å². The lowest BCUT2D eigenvalue weighted by atomic mass is 9.97. The Morgan fingerprint density at radius 3 is 2.63 bits per heavy atom. The minimum Gasteiger partial charge on any atom is -0.373 e. The molecule has 1 fully saturated rings. The van der Waals surface area contributed by atoms with Crippen molar-refractivity contribution in [2.45, 2.75) is 18.6 Å². The fourth-order valence-corrected chi connectivity index (χ4v) is 3.46. The summed E-state index contributed by atoms with van der Waals surface area (Å²) >= 11 is 0. The fourth-order valence-electron chi connectivity index (χ4n) is 3.46. The number of likely N-dealkylation sites (N-methyl/N-ethyl adjacent to an activating group) is 1. The molecule has 6 nitrogen and oxygen atoms in total. The number of amides is 1. The van der Waals surface area contributed by atoms with E-state index in [1.807, 2.05) is 49.3 Å². The van der Waals surface area contributed by atoms with E-state index in [1.54, 1.807) is 4.90 Å². The number of carbonyl (C=O) groups excluding carboxylic acids is 1. The van der Waals surface area contributed by atoms with Gasteiger partial charge in [0.2, 0.25) is 0 Å². The van der Waals surface area contributed by atoms with Crippen LogP contribution >= 0.6 is 0 Å². The van der Waals surface area contributed by atoms with Crippen LogP contribution in [0.5, 0.6) is 0 Å². The first kappa shape index (κ1) is 19.4. The molecule has 0 saturated carbocycles. The predicted molar refractivity (Wildman–Crippen MR) is 96.7 cm³/mol. The fraction of sp³-hybridized carbons (Fsp3) is 0.474. The van der Waals surface area contributed by atoms with Gasteiger partial charge in [-0.25, -0.2) is 8.78 Å². The number of nitrogens with zero attached hydrogens (tertiary/aromatic N) is 4. The Morgan fingerprint density at radius 1 is 1.33 bits per heavy atom. The number of hydrogen-bond acceptors (Lipinski definition) is 4. The Bertz CT molecular complexity index is 779. The number of halogens is 2. The van der Waals surface area contributed by atoms with Crippen molar-refractivity contribution in [3.8, 4) is 0 Å². The lowest BCUT2D eigenvalue weighted by molar-refractivity contribution is -0.0687. The molecule has 146 valence electrons. The standard InChI is InChI=1S/C19H24F2N4O2/c1-23(2)12-16-17(13-7-5-4-6-8-13)25(9-10-27-16)19(26)15-11-14(18(20)21)22-24(15)3/h4-8,11,16-18H,9-10,12H2,1-3H3/t16-,17-/m0/s1. The summed E-state index contributed by atoms with van der Waals surface area (Å²) in [6.45, 7) is 1.42. The third-order valence-corrected chi connectivity index (χ3v) is 4.64. The Balaban J connectivity index is 1.96. The van der Waals surface area contributed by atoms with Crippen LogP contribution in [-0.4, -0.2) is 65.4 Å². The lowest BCUT2D eigenvalue weighted by Crippen LogP contribution is -2.51. The van der Waals surface area contributed by atoms with Gasteiger partial charge in [-0.2, -0.15) is 5.10 Å². The molecule has 1 aliphatic rings. The molecule has 1 amide bonds. The Hall–Kier alpha value is -2.32. The summed E-state index contributed by atoms with van der Waals surface area (Å²) in [7, 11) is 5.40. The van der Waals surface area contributed by atoms with Gasteiger partial charge in [0.05, 0.1) is 18.8 Å². The van der Waals surface area contributed by atoms with Gasteiger partial charge in [-0.3, -0.25) is 9.48 Å². The molecule has 1 aromatic heterocycles. The molecule has 27 heavy (non-hydrogen) atoms. The highest BCUT2D eigenvalue weighted by Gasteiger charge is 2.38. The average Bonchev–Trinajstić information content (AvgIpc) is 3.03. The van der Waals surface area contributed by atoms with Crippen molar-refractivity contribution in [2.75, 3.05) is 33.8 Å². The van der Waals surface area contributed by atoms with Crippen LogP contribution in [0.2, 0.25) is 0 Å². The summed E-state index contributed by atoms with van der Waals surface area (Å²) in [6, 6.07) is 10.5. The highest BCUT2D eigenvalue weighted by Crippen LogP contribution is 2.31. The zero-order chi connectivity index (χ0) is 19.6. The molecule has 0 unspecified atom stereocenters. The molecule has 0 N–H and O–H groups in total. The van der Waals surface area contributed by atoms with Gasteiger partial charge in [-0.15, -0.1) is 0 Å². The SMILES string of the molecule is CN(C)C[C@@H]1OCCN(C(=O)c2cc(C(F)F)nn2C)[C@H]1c1ccccc1. The van der Waals surface area contributed by atoms with Crippen molar-refractivity contribution in [1.82, 2.24) is 19.6 Å². The van der Waals surface area contributed by atoms with Gasteiger partial charge in [-0.05, 0) is 25.7 Å². The van der Waals surface area contributed by atoms with E-state index in [0.29, 0.717) is 19.7 Å². The van der Waals surface area contributed by atoms with Crippen LogP contribution in [0.3, 0.4) is 0 Å². The molecule has 1 aliphatic heterocycles. The normalized spacial score (nSPS) is 20.5. The number of aromatic nitrogens is 2. The van der Waals surface area contributed by atoms with Crippen LogP contribution in [0.4, 0.5) is 8.78 Å². The van der Waals surface area contributed by atoms with Crippen molar-refractivity contribution >= 4 is 5.91 Å². The number of alkyl halides is 2. The monoisotopic (exact) mass is 378 g/mol. The first-order chi connectivity index (χ1) is 12.9. The first-order valence-electron chi connectivity index (χ1n) is 8.83. The van der Waals surface area contributed by atoms with Gasteiger partial charge in [0, 0.05) is 20.1 Å². The van der Waals surface area contributed by atoms with Gasteiger partial charge in [-0.1, -0.05) is 30.3 Å². The zero-order valence-electron chi connectivity index (χ0n) is 15.7. The molecule has 2 atom stereocenters. The summed E-state index contributed by atoms with van der Waals surface area (Å²) in [6.07, 6.45) is -2.93. The van der Waals surface area contributed by atoms with Crippen LogP contribution in [0.15, 0.2) is 36.4 Å². The van der Waals surface area contributed by atoms with E-state index in [1.165, 1.54) is 17.8 Å². The number of aryl methyl sites for hydroxylation is 1. The van der Waals surface area contributed by atoms with Crippen LogP contribution in [-0.2, 0) is 11.8 Å². The van der Waals surface area contributed by atoms with Crippen molar-refractivity contribution in [3.05, 3.63) is 53.3 Å². The summed E-state index contributed by atoms with van der Waals surface area (Å²) in [5.74, 6) is -0.321. The summed E-state index contributed by atoms with van der Waals surface area (Å²) in [5, 5.41) is 3.77. The minimum atomic E-state index is -2.71. The summed E-state index contributed by atoms with van der Waals surface area (Å²) in [5.41, 5.74) is 0.709. The van der Waals surface area contributed by atoms with Gasteiger partial charge >= 0.3 is 0 Å². The van der Waals surface area contributed by atoms with Crippen molar-refractivity contribution < 1.29 is 18.3 Å². The molecule has 2 heterocycles. The smallest absolute Gasteiger partial charge is 0.282 e. The highest BCUT2D eigenvalue weighted by atomic mass is 19.3. The quantitative estimate of drug-likeness (QED) is 0.802. The second-order valence-corrected chi connectivity index (χ2v) is 6.90. The van der Waals surface area contributed by atoms with Gasteiger partial charge < -0.3 is 14.5 Å². The van der Waals surface area contributed by atoms with Crippen LogP contribution in [0, 0.1) is 0 Å². The second kappa shape index (κ2) is 8.14. The van der Waals surface area contributed by atoms with Gasteiger partial charge in [0.1, 0.15) is 11.4 Å². The Kier molecular flexibility index (Phi) is 5.86. The maximum Gasteiger partial charge on any atom is 0.282 e. The minimum absolute atomic E-state index is 0.150. The Labute approximate surface area is 157 Å². The van der Waals surface area contributed by atoms with E-state index in [0.717, 1.165) is 5.56 Å². The largest absolute Gasteiger partial charge is 0.373 e. The molecule has 0 spiro atoms. The summed E-state index contributed by atoms with van der Waals surface area (Å²) in [4.78, 5) is 16.9. The van der Waals surface area contributed by atoms with E-state index in [2.05, 4.69) is 5.10 Å². The molecule has 0 aliphatic carbocycles. The number of rotatable bonds is 5. The molecular formula is C19H24F2N4O2. The van der Waals surface area contributed by atoms with Crippen LogP contribution in [0.25, 0.3) is 0 Å². The number of hydrogen-bond donors (Lipinski definition) is 0.